The summed E-state index contributed by atoms with van der Waals surface area (Å²) in [5.74, 6) is 2.52. The molecule has 1 N–H and O–H groups in total. The Balaban J connectivity index is 2.16. The maximum atomic E-state index is 5.76. The highest BCUT2D eigenvalue weighted by Crippen LogP contribution is 2.22. The topological polar surface area (TPSA) is 59.5 Å². The first-order valence-corrected chi connectivity index (χ1v) is 7.74. The van der Waals surface area contributed by atoms with E-state index < -0.39 is 0 Å². The van der Waals surface area contributed by atoms with E-state index in [1.165, 1.54) is 0 Å². The first-order chi connectivity index (χ1) is 10.3. The average Bonchev–Trinajstić information content (AvgIpc) is 2.48. The Kier molecular flexibility index (Phi) is 6.20. The lowest BCUT2D eigenvalue weighted by Gasteiger charge is -2.33. The van der Waals surface area contributed by atoms with E-state index in [9.17, 15) is 0 Å². The van der Waals surface area contributed by atoms with Gasteiger partial charge >= 0.3 is 0 Å². The van der Waals surface area contributed by atoms with Crippen molar-refractivity contribution in [1.82, 2.24) is 9.97 Å². The zero-order chi connectivity index (χ0) is 15.1. The molecule has 6 nitrogen and oxygen atoms in total. The Morgan fingerprint density at radius 1 is 1.38 bits per heavy atom. The van der Waals surface area contributed by atoms with Gasteiger partial charge in [-0.15, -0.1) is 0 Å². The molecule has 0 saturated carbocycles. The van der Waals surface area contributed by atoms with Gasteiger partial charge < -0.3 is 19.7 Å². The number of aromatic nitrogens is 2. The van der Waals surface area contributed by atoms with Crippen molar-refractivity contribution < 1.29 is 9.47 Å². The SMILES string of the molecule is CCNc1cc(N2CCCC(OCC)C2)nc(COC)n1. The van der Waals surface area contributed by atoms with Crippen LogP contribution in [-0.2, 0) is 16.1 Å². The van der Waals surface area contributed by atoms with E-state index in [1.807, 2.05) is 13.0 Å². The van der Waals surface area contributed by atoms with Crippen molar-refractivity contribution in [1.29, 1.82) is 0 Å². The quantitative estimate of drug-likeness (QED) is 0.830. The fraction of sp³-hybridized carbons (Fsp3) is 0.733. The Morgan fingerprint density at radius 3 is 2.95 bits per heavy atom. The predicted octanol–water partition coefficient (Wildman–Crippen LogP) is 2.06. The number of hydrogen-bond donors (Lipinski definition) is 1. The largest absolute Gasteiger partial charge is 0.377 e. The molecule has 0 aliphatic carbocycles. The van der Waals surface area contributed by atoms with E-state index in [1.54, 1.807) is 7.11 Å². The van der Waals surface area contributed by atoms with E-state index >= 15 is 0 Å². The molecule has 2 rings (SSSR count). The number of ether oxygens (including phenoxy) is 2. The Morgan fingerprint density at radius 2 is 2.24 bits per heavy atom. The van der Waals surface area contributed by atoms with E-state index in [-0.39, 0.29) is 0 Å². The average molecular weight is 294 g/mol. The zero-order valence-electron chi connectivity index (χ0n) is 13.3. The molecular formula is C15H26N4O2. The number of hydrogen-bond acceptors (Lipinski definition) is 6. The minimum Gasteiger partial charge on any atom is -0.377 e. The first-order valence-electron chi connectivity index (χ1n) is 7.74. The van der Waals surface area contributed by atoms with Gasteiger partial charge in [0.2, 0.25) is 0 Å². The van der Waals surface area contributed by atoms with Gasteiger partial charge in [-0.05, 0) is 26.7 Å². The van der Waals surface area contributed by atoms with Gasteiger partial charge in [-0.1, -0.05) is 0 Å². The third kappa shape index (κ3) is 4.54. The van der Waals surface area contributed by atoms with Crippen LogP contribution in [0, 0.1) is 0 Å². The van der Waals surface area contributed by atoms with Crippen LogP contribution in [0.4, 0.5) is 11.6 Å². The maximum absolute atomic E-state index is 5.76. The second-order valence-electron chi connectivity index (χ2n) is 5.16. The van der Waals surface area contributed by atoms with Crippen LogP contribution in [0.3, 0.4) is 0 Å². The minimum atomic E-state index is 0.298. The normalized spacial score (nSPS) is 18.8. The van der Waals surface area contributed by atoms with Gasteiger partial charge in [0.15, 0.2) is 5.82 Å². The molecule has 0 aromatic carbocycles. The van der Waals surface area contributed by atoms with Crippen molar-refractivity contribution in [3.63, 3.8) is 0 Å². The molecule has 1 unspecified atom stereocenters. The van der Waals surface area contributed by atoms with Crippen LogP contribution in [0.2, 0.25) is 0 Å². The summed E-state index contributed by atoms with van der Waals surface area (Å²) >= 11 is 0. The minimum absolute atomic E-state index is 0.298. The van der Waals surface area contributed by atoms with Crippen LogP contribution in [0.5, 0.6) is 0 Å². The lowest BCUT2D eigenvalue weighted by Crippen LogP contribution is -2.40. The lowest BCUT2D eigenvalue weighted by molar-refractivity contribution is 0.0525. The summed E-state index contributed by atoms with van der Waals surface area (Å²) < 4.78 is 10.9. The monoisotopic (exact) mass is 294 g/mol. The van der Waals surface area contributed by atoms with Crippen LogP contribution in [0.25, 0.3) is 0 Å². The van der Waals surface area contributed by atoms with E-state index in [2.05, 4.69) is 27.1 Å². The Hall–Kier alpha value is -1.40. The fourth-order valence-corrected chi connectivity index (χ4v) is 2.63. The van der Waals surface area contributed by atoms with Crippen molar-refractivity contribution in [3.8, 4) is 0 Å². The molecule has 1 aromatic rings. The van der Waals surface area contributed by atoms with Crippen LogP contribution in [0.1, 0.15) is 32.5 Å². The highest BCUT2D eigenvalue weighted by atomic mass is 16.5. The number of methoxy groups -OCH3 is 1. The highest BCUT2D eigenvalue weighted by molar-refractivity contribution is 5.49. The van der Waals surface area contributed by atoms with Crippen LogP contribution in [-0.4, -0.2) is 49.4 Å². The molecular weight excluding hydrogens is 268 g/mol. The summed E-state index contributed by atoms with van der Waals surface area (Å²) in [6.45, 7) is 8.04. The van der Waals surface area contributed by atoms with Crippen molar-refractivity contribution in [2.75, 3.05) is 43.6 Å². The third-order valence-corrected chi connectivity index (χ3v) is 3.49. The Labute approximate surface area is 126 Å². The van der Waals surface area contributed by atoms with Gasteiger partial charge in [0.05, 0.1) is 6.10 Å². The molecule has 1 aliphatic heterocycles. The predicted molar refractivity (Wildman–Crippen MR) is 83.8 cm³/mol. The molecule has 2 heterocycles. The smallest absolute Gasteiger partial charge is 0.158 e. The van der Waals surface area contributed by atoms with Gasteiger partial charge in [0.25, 0.3) is 0 Å². The first kappa shape index (κ1) is 16.0. The molecule has 1 atom stereocenters. The van der Waals surface area contributed by atoms with Crippen molar-refractivity contribution >= 4 is 11.6 Å². The second kappa shape index (κ2) is 8.14. The van der Waals surface area contributed by atoms with Crippen molar-refractivity contribution in [2.24, 2.45) is 0 Å². The van der Waals surface area contributed by atoms with E-state index in [0.717, 1.165) is 50.7 Å². The van der Waals surface area contributed by atoms with Gasteiger partial charge in [-0.3, -0.25) is 0 Å². The number of anilines is 2. The van der Waals surface area contributed by atoms with Gasteiger partial charge in [0, 0.05) is 39.4 Å². The number of piperidine rings is 1. The van der Waals surface area contributed by atoms with Gasteiger partial charge in [-0.25, -0.2) is 9.97 Å². The van der Waals surface area contributed by atoms with Crippen LogP contribution < -0.4 is 10.2 Å². The van der Waals surface area contributed by atoms with E-state index in [4.69, 9.17) is 9.47 Å². The summed E-state index contributed by atoms with van der Waals surface area (Å²) in [5, 5.41) is 3.26. The molecule has 1 fully saturated rings. The molecule has 21 heavy (non-hydrogen) atoms. The summed E-state index contributed by atoms with van der Waals surface area (Å²) in [4.78, 5) is 11.4. The zero-order valence-corrected chi connectivity index (χ0v) is 13.3. The molecule has 0 spiro atoms. The van der Waals surface area contributed by atoms with Gasteiger partial charge in [0.1, 0.15) is 18.2 Å². The summed E-state index contributed by atoms with van der Waals surface area (Å²) in [7, 11) is 1.66. The molecule has 0 bridgehead atoms. The maximum Gasteiger partial charge on any atom is 0.158 e. The standard InChI is InChI=1S/C15H26N4O2/c1-4-16-13-9-15(18-14(17-13)11-20-3)19-8-6-7-12(10-19)21-5-2/h9,12H,4-8,10-11H2,1-3H3,(H,16,17,18). The number of nitrogens with one attached hydrogen (secondary N) is 1. The molecule has 1 aliphatic rings. The highest BCUT2D eigenvalue weighted by Gasteiger charge is 2.22. The fourth-order valence-electron chi connectivity index (χ4n) is 2.63. The van der Waals surface area contributed by atoms with Crippen LogP contribution >= 0.6 is 0 Å². The van der Waals surface area contributed by atoms with Crippen molar-refractivity contribution in [3.05, 3.63) is 11.9 Å². The lowest BCUT2D eigenvalue weighted by atomic mass is 10.1. The summed E-state index contributed by atoms with van der Waals surface area (Å²) in [6, 6.07) is 2.01. The van der Waals surface area contributed by atoms with E-state index in [0.29, 0.717) is 18.5 Å². The van der Waals surface area contributed by atoms with Crippen LogP contribution in [0.15, 0.2) is 6.07 Å². The molecule has 118 valence electrons. The molecule has 6 heteroatoms. The van der Waals surface area contributed by atoms with Crippen molar-refractivity contribution in [2.45, 2.75) is 39.4 Å². The molecule has 1 aromatic heterocycles. The summed E-state index contributed by atoms with van der Waals surface area (Å²) in [5.41, 5.74) is 0. The molecule has 1 saturated heterocycles. The summed E-state index contributed by atoms with van der Waals surface area (Å²) in [6.07, 6.45) is 2.55. The molecule has 0 amide bonds. The Bertz CT molecular complexity index is 415. The second-order valence-corrected chi connectivity index (χ2v) is 5.16. The number of rotatable bonds is 7. The number of nitrogens with zero attached hydrogens (tertiary/aromatic N) is 3. The third-order valence-electron chi connectivity index (χ3n) is 3.49. The molecule has 0 radical (unpaired) electrons. The van der Waals surface area contributed by atoms with Gasteiger partial charge in [-0.2, -0.15) is 0 Å².